The molecular weight excluding hydrogens is 456 g/mol. The Morgan fingerprint density at radius 3 is 2.00 bits per heavy atom. The summed E-state index contributed by atoms with van der Waals surface area (Å²) >= 11 is 1.38. The molecule has 2 aliphatic heterocycles. The standard InChI is InChI=1S/C29H28N2O3S/c1-21-11-17-25(18-12-21)35-27-26(30-19-7-2-3-8-20-30)28(32)31(29(27)33)22-13-15-24(16-14-22)34-23-9-5-4-6-10-23/h4-6,9-18H,2-3,7-8,19-20H2,1H3. The molecule has 35 heavy (non-hydrogen) atoms. The molecule has 0 radical (unpaired) electrons. The topological polar surface area (TPSA) is 49.9 Å². The highest BCUT2D eigenvalue weighted by Gasteiger charge is 2.42. The normalized spacial score (nSPS) is 16.6. The number of hydrogen-bond donors (Lipinski definition) is 0. The van der Waals surface area contributed by atoms with Gasteiger partial charge in [-0.15, -0.1) is 0 Å². The van der Waals surface area contributed by atoms with Gasteiger partial charge in [-0.05, 0) is 68.3 Å². The van der Waals surface area contributed by atoms with Gasteiger partial charge in [-0.2, -0.15) is 0 Å². The van der Waals surface area contributed by atoms with Crippen LogP contribution in [0.15, 0.2) is 94.4 Å². The lowest BCUT2D eigenvalue weighted by atomic mass is 10.2. The fourth-order valence-corrected chi connectivity index (χ4v) is 5.41. The van der Waals surface area contributed by atoms with Gasteiger partial charge in [0.1, 0.15) is 22.1 Å². The van der Waals surface area contributed by atoms with E-state index in [1.54, 1.807) is 24.3 Å². The Morgan fingerprint density at radius 2 is 1.34 bits per heavy atom. The Bertz CT molecular complexity index is 1230. The quantitative estimate of drug-likeness (QED) is 0.372. The van der Waals surface area contributed by atoms with Gasteiger partial charge < -0.3 is 9.64 Å². The van der Waals surface area contributed by atoms with Gasteiger partial charge in [-0.3, -0.25) is 9.59 Å². The fourth-order valence-electron chi connectivity index (χ4n) is 4.41. The number of para-hydroxylation sites is 1. The molecule has 1 fully saturated rings. The van der Waals surface area contributed by atoms with Gasteiger partial charge in [0.05, 0.1) is 5.69 Å². The average molecular weight is 485 g/mol. The van der Waals surface area contributed by atoms with Crippen LogP contribution in [0.1, 0.15) is 31.2 Å². The third-order valence-corrected chi connectivity index (χ3v) is 7.34. The van der Waals surface area contributed by atoms with Crippen molar-refractivity contribution in [3.63, 3.8) is 0 Å². The predicted octanol–water partition coefficient (Wildman–Crippen LogP) is 6.54. The number of imide groups is 1. The summed E-state index contributed by atoms with van der Waals surface area (Å²) in [5.74, 6) is 0.865. The molecule has 0 bridgehead atoms. The number of likely N-dealkylation sites (tertiary alicyclic amines) is 1. The summed E-state index contributed by atoms with van der Waals surface area (Å²) in [6.45, 7) is 3.63. The SMILES string of the molecule is Cc1ccc(SC2=C(N3CCCCCC3)C(=O)N(c3ccc(Oc4ccccc4)cc3)C2=O)cc1. The Morgan fingerprint density at radius 1 is 0.714 bits per heavy atom. The maximum atomic E-state index is 13.7. The van der Waals surface area contributed by atoms with Crippen LogP contribution >= 0.6 is 11.8 Å². The lowest BCUT2D eigenvalue weighted by molar-refractivity contribution is -0.121. The van der Waals surface area contributed by atoms with Crippen molar-refractivity contribution in [2.75, 3.05) is 18.0 Å². The zero-order valence-electron chi connectivity index (χ0n) is 19.8. The van der Waals surface area contributed by atoms with Crippen molar-refractivity contribution in [3.05, 3.63) is 95.0 Å². The van der Waals surface area contributed by atoms with Crippen LogP contribution in [0.3, 0.4) is 0 Å². The van der Waals surface area contributed by atoms with Crippen LogP contribution in [0.2, 0.25) is 0 Å². The largest absolute Gasteiger partial charge is 0.457 e. The molecule has 2 aliphatic rings. The van der Waals surface area contributed by atoms with Gasteiger partial charge in [-0.25, -0.2) is 4.90 Å². The van der Waals surface area contributed by atoms with Crippen LogP contribution < -0.4 is 9.64 Å². The number of hydrogen-bond acceptors (Lipinski definition) is 5. The number of thioether (sulfide) groups is 1. The van der Waals surface area contributed by atoms with Crippen molar-refractivity contribution in [1.82, 2.24) is 4.90 Å². The molecular formula is C29H28N2O3S. The third-order valence-electron chi connectivity index (χ3n) is 6.26. The third kappa shape index (κ3) is 5.13. The van der Waals surface area contributed by atoms with E-state index >= 15 is 0 Å². The number of benzene rings is 3. The molecule has 2 heterocycles. The molecule has 178 valence electrons. The molecule has 1 saturated heterocycles. The minimum Gasteiger partial charge on any atom is -0.457 e. The second-order valence-corrected chi connectivity index (χ2v) is 9.93. The second-order valence-electron chi connectivity index (χ2n) is 8.85. The van der Waals surface area contributed by atoms with Gasteiger partial charge in [0.2, 0.25) is 0 Å². The predicted molar refractivity (Wildman–Crippen MR) is 140 cm³/mol. The van der Waals surface area contributed by atoms with Crippen LogP contribution in [0.4, 0.5) is 5.69 Å². The maximum absolute atomic E-state index is 13.7. The highest BCUT2D eigenvalue weighted by Crippen LogP contribution is 2.39. The van der Waals surface area contributed by atoms with Crippen LogP contribution in [0.5, 0.6) is 11.5 Å². The van der Waals surface area contributed by atoms with E-state index in [9.17, 15) is 9.59 Å². The van der Waals surface area contributed by atoms with Gasteiger partial charge in [0, 0.05) is 18.0 Å². The monoisotopic (exact) mass is 484 g/mol. The molecule has 0 aromatic heterocycles. The van der Waals surface area contributed by atoms with Crippen LogP contribution in [0.25, 0.3) is 0 Å². The Kier molecular flexibility index (Phi) is 6.91. The molecule has 3 aromatic rings. The summed E-state index contributed by atoms with van der Waals surface area (Å²) in [6.07, 6.45) is 4.36. The number of carbonyl (C=O) groups excluding carboxylic acids is 2. The van der Waals surface area contributed by atoms with Crippen LogP contribution in [0, 0.1) is 6.92 Å². The molecule has 6 heteroatoms. The van der Waals surface area contributed by atoms with E-state index in [-0.39, 0.29) is 11.8 Å². The Labute approximate surface area is 210 Å². The Hall–Kier alpha value is -3.51. The van der Waals surface area contributed by atoms with E-state index in [2.05, 4.69) is 4.90 Å². The van der Waals surface area contributed by atoms with Crippen LogP contribution in [-0.4, -0.2) is 29.8 Å². The molecule has 0 spiro atoms. The van der Waals surface area contributed by atoms with Crippen molar-refractivity contribution >= 4 is 29.3 Å². The van der Waals surface area contributed by atoms with E-state index in [1.165, 1.54) is 16.7 Å². The minimum atomic E-state index is -0.267. The number of rotatable bonds is 6. The number of amides is 2. The number of ether oxygens (including phenoxy) is 1. The summed E-state index contributed by atoms with van der Waals surface area (Å²) in [5.41, 5.74) is 2.24. The summed E-state index contributed by atoms with van der Waals surface area (Å²) in [6, 6.07) is 24.7. The van der Waals surface area contributed by atoms with Gasteiger partial charge in [0.15, 0.2) is 0 Å². The van der Waals surface area contributed by atoms with Gasteiger partial charge >= 0.3 is 0 Å². The molecule has 2 amide bonds. The van der Waals surface area contributed by atoms with Crippen molar-refractivity contribution in [2.45, 2.75) is 37.5 Å². The van der Waals surface area contributed by atoms with Crippen molar-refractivity contribution in [1.29, 1.82) is 0 Å². The number of carbonyl (C=O) groups is 2. The first-order valence-electron chi connectivity index (χ1n) is 12.1. The first kappa shape index (κ1) is 23.2. The number of nitrogens with zero attached hydrogens (tertiary/aromatic N) is 2. The molecule has 5 nitrogen and oxygen atoms in total. The van der Waals surface area contributed by atoms with E-state index in [0.717, 1.165) is 55.0 Å². The second kappa shape index (κ2) is 10.4. The van der Waals surface area contributed by atoms with Crippen LogP contribution in [-0.2, 0) is 9.59 Å². The van der Waals surface area contributed by atoms with E-state index in [4.69, 9.17) is 4.74 Å². The van der Waals surface area contributed by atoms with E-state index in [0.29, 0.717) is 22.0 Å². The molecule has 3 aromatic carbocycles. The van der Waals surface area contributed by atoms with Crippen molar-refractivity contribution in [3.8, 4) is 11.5 Å². The lowest BCUT2D eigenvalue weighted by Gasteiger charge is -2.24. The number of anilines is 1. The van der Waals surface area contributed by atoms with E-state index < -0.39 is 0 Å². The molecule has 0 saturated carbocycles. The summed E-state index contributed by atoms with van der Waals surface area (Å²) < 4.78 is 5.88. The highest BCUT2D eigenvalue weighted by atomic mass is 32.2. The smallest absolute Gasteiger partial charge is 0.283 e. The zero-order chi connectivity index (χ0) is 24.2. The average Bonchev–Trinajstić information content (AvgIpc) is 3.04. The van der Waals surface area contributed by atoms with Crippen molar-refractivity contribution in [2.24, 2.45) is 0 Å². The molecule has 0 atom stereocenters. The minimum absolute atomic E-state index is 0.247. The molecule has 0 unspecified atom stereocenters. The Balaban J connectivity index is 1.44. The van der Waals surface area contributed by atoms with Gasteiger partial charge in [0.25, 0.3) is 11.8 Å². The first-order chi connectivity index (χ1) is 17.1. The number of aryl methyl sites for hydroxylation is 1. The van der Waals surface area contributed by atoms with Crippen molar-refractivity contribution < 1.29 is 14.3 Å². The summed E-state index contributed by atoms with van der Waals surface area (Å²) in [5, 5.41) is 0. The fraction of sp³-hybridized carbons (Fsp3) is 0.241. The highest BCUT2D eigenvalue weighted by molar-refractivity contribution is 8.04. The summed E-state index contributed by atoms with van der Waals surface area (Å²) in [7, 11) is 0. The maximum Gasteiger partial charge on any atom is 0.283 e. The van der Waals surface area contributed by atoms with Gasteiger partial charge in [-0.1, -0.05) is 60.5 Å². The van der Waals surface area contributed by atoms with E-state index in [1.807, 2.05) is 61.5 Å². The zero-order valence-corrected chi connectivity index (χ0v) is 20.6. The molecule has 0 aliphatic carbocycles. The molecule has 0 N–H and O–H groups in total. The first-order valence-corrected chi connectivity index (χ1v) is 12.9. The summed E-state index contributed by atoms with van der Waals surface area (Å²) in [4.78, 5) is 32.3. The molecule has 5 rings (SSSR count). The lowest BCUT2D eigenvalue weighted by Crippen LogP contribution is -2.35.